The lowest BCUT2D eigenvalue weighted by molar-refractivity contribution is 0.660. The van der Waals surface area contributed by atoms with Gasteiger partial charge in [-0.3, -0.25) is 0 Å². The van der Waals surface area contributed by atoms with Crippen molar-refractivity contribution in [1.29, 1.82) is 0 Å². The van der Waals surface area contributed by atoms with Crippen molar-refractivity contribution in [1.82, 2.24) is 0 Å². The first kappa shape index (κ1) is 31.6. The molecule has 0 saturated heterocycles. The van der Waals surface area contributed by atoms with Crippen LogP contribution < -0.4 is 4.90 Å². The second kappa shape index (κ2) is 12.1. The molecule has 55 heavy (non-hydrogen) atoms. The molecule has 10 aromatic rings. The van der Waals surface area contributed by atoms with E-state index < -0.39 is 0 Å². The first-order chi connectivity index (χ1) is 27.0. The topological polar surface area (TPSA) is 16.4 Å². The number of hydrogen-bond donors (Lipinski definition) is 0. The Hall–Kier alpha value is -6.90. The summed E-state index contributed by atoms with van der Waals surface area (Å²) in [4.78, 5) is 2.40. The highest BCUT2D eigenvalue weighted by Gasteiger charge is 2.35. The molecular weight excluding hydrogens is 667 g/mol. The third kappa shape index (κ3) is 4.95. The second-order valence-electron chi connectivity index (χ2n) is 15.3. The molecule has 0 bridgehead atoms. The molecule has 0 fully saturated rings. The Bertz CT molecular complexity index is 3110. The fraction of sp³-hybridized carbons (Fsp3) is 0.0566. The molecule has 2 nitrogen and oxygen atoms in total. The van der Waals surface area contributed by atoms with Crippen LogP contribution in [0.3, 0.4) is 0 Å². The van der Waals surface area contributed by atoms with Gasteiger partial charge in [0, 0.05) is 33.2 Å². The van der Waals surface area contributed by atoms with Gasteiger partial charge < -0.3 is 9.32 Å². The van der Waals surface area contributed by atoms with Crippen LogP contribution in [0.2, 0.25) is 0 Å². The first-order valence-electron chi connectivity index (χ1n) is 19.1. The number of hydrogen-bond acceptors (Lipinski definition) is 2. The van der Waals surface area contributed by atoms with E-state index in [1.807, 2.05) is 12.1 Å². The SMILES string of the molecule is CC1(C)c2ccccc2-c2cc(N(c3ccc(-c4ccc5ccccc5c4)cc3)c3ccc(-c4cccc5c4ccc4oc6ccccc6c45)cc3)ccc21. The van der Waals surface area contributed by atoms with E-state index in [1.165, 1.54) is 71.4 Å². The summed E-state index contributed by atoms with van der Waals surface area (Å²) in [5, 5.41) is 7.25. The summed E-state index contributed by atoms with van der Waals surface area (Å²) < 4.78 is 6.23. The van der Waals surface area contributed by atoms with E-state index in [-0.39, 0.29) is 5.41 Å². The average molecular weight is 704 g/mol. The minimum atomic E-state index is -0.0504. The molecular formula is C53H37NO. The first-order valence-corrected chi connectivity index (χ1v) is 19.1. The van der Waals surface area contributed by atoms with Crippen LogP contribution >= 0.6 is 0 Å². The smallest absolute Gasteiger partial charge is 0.136 e. The van der Waals surface area contributed by atoms with Gasteiger partial charge >= 0.3 is 0 Å². The standard InChI is InChI=1S/C53H37NO/c1-53(2)48-16-7-5-12-44(48)47-33-41(28-30-49(47)53)54(39-24-20-35(21-25-39)38-19-18-34-10-3-4-11-37(34)32-38)40-26-22-36(23-27-40)42-14-9-15-45-43(42)29-31-51-52(45)46-13-6-8-17-50(46)55-51/h3-33H,1-2H3. The van der Waals surface area contributed by atoms with Crippen LogP contribution in [0.5, 0.6) is 0 Å². The monoisotopic (exact) mass is 703 g/mol. The fourth-order valence-electron chi connectivity index (χ4n) is 9.09. The van der Waals surface area contributed by atoms with E-state index in [0.717, 1.165) is 33.6 Å². The van der Waals surface area contributed by atoms with Crippen LogP contribution in [0.25, 0.3) is 76.9 Å². The van der Waals surface area contributed by atoms with Crippen LogP contribution in [-0.4, -0.2) is 0 Å². The summed E-state index contributed by atoms with van der Waals surface area (Å²) in [6.07, 6.45) is 0. The largest absolute Gasteiger partial charge is 0.456 e. The van der Waals surface area contributed by atoms with E-state index in [2.05, 4.69) is 195 Å². The molecule has 0 N–H and O–H groups in total. The maximum Gasteiger partial charge on any atom is 0.136 e. The quantitative estimate of drug-likeness (QED) is 0.177. The highest BCUT2D eigenvalue weighted by atomic mass is 16.3. The van der Waals surface area contributed by atoms with Crippen LogP contribution in [-0.2, 0) is 5.41 Å². The molecule has 0 aliphatic heterocycles. The molecule has 11 rings (SSSR count). The van der Waals surface area contributed by atoms with Gasteiger partial charge in [0.1, 0.15) is 11.2 Å². The van der Waals surface area contributed by atoms with E-state index >= 15 is 0 Å². The summed E-state index contributed by atoms with van der Waals surface area (Å²) in [6, 6.07) is 68.5. The lowest BCUT2D eigenvalue weighted by Crippen LogP contribution is -2.15. The molecule has 0 radical (unpaired) electrons. The van der Waals surface area contributed by atoms with Gasteiger partial charge in [-0.05, 0) is 121 Å². The Labute approximate surface area is 320 Å². The van der Waals surface area contributed by atoms with Gasteiger partial charge in [0.15, 0.2) is 0 Å². The van der Waals surface area contributed by atoms with Crippen molar-refractivity contribution < 1.29 is 4.42 Å². The number of nitrogens with zero attached hydrogens (tertiary/aromatic N) is 1. The average Bonchev–Trinajstić information content (AvgIpc) is 3.73. The lowest BCUT2D eigenvalue weighted by atomic mass is 9.82. The van der Waals surface area contributed by atoms with Crippen LogP contribution in [0.1, 0.15) is 25.0 Å². The molecule has 1 aromatic heterocycles. The van der Waals surface area contributed by atoms with Crippen LogP contribution in [0, 0.1) is 0 Å². The van der Waals surface area contributed by atoms with E-state index in [4.69, 9.17) is 4.42 Å². The number of rotatable bonds is 5. The predicted octanol–water partition coefficient (Wildman–Crippen LogP) is 15.0. The van der Waals surface area contributed by atoms with E-state index in [9.17, 15) is 0 Å². The van der Waals surface area contributed by atoms with E-state index in [0.29, 0.717) is 0 Å². The molecule has 9 aromatic carbocycles. The molecule has 0 atom stereocenters. The number of anilines is 3. The maximum absolute atomic E-state index is 6.23. The van der Waals surface area contributed by atoms with Crippen molar-refractivity contribution in [3.05, 3.63) is 199 Å². The molecule has 0 spiro atoms. The highest BCUT2D eigenvalue weighted by molar-refractivity contribution is 6.21. The van der Waals surface area contributed by atoms with Gasteiger partial charge in [0.25, 0.3) is 0 Å². The summed E-state index contributed by atoms with van der Waals surface area (Å²) in [6.45, 7) is 4.68. The zero-order valence-corrected chi connectivity index (χ0v) is 30.8. The Balaban J connectivity index is 1.03. The second-order valence-corrected chi connectivity index (χ2v) is 15.3. The molecule has 1 aliphatic carbocycles. The summed E-state index contributed by atoms with van der Waals surface area (Å²) in [5.74, 6) is 0. The zero-order chi connectivity index (χ0) is 36.7. The van der Waals surface area contributed by atoms with Crippen molar-refractivity contribution in [3.63, 3.8) is 0 Å². The van der Waals surface area contributed by atoms with E-state index in [1.54, 1.807) is 0 Å². The van der Waals surface area contributed by atoms with Gasteiger partial charge in [0.05, 0.1) is 0 Å². The van der Waals surface area contributed by atoms with Crippen molar-refractivity contribution in [2.45, 2.75) is 19.3 Å². The van der Waals surface area contributed by atoms with Crippen molar-refractivity contribution in [2.24, 2.45) is 0 Å². The number of benzene rings is 9. The van der Waals surface area contributed by atoms with Crippen LogP contribution in [0.4, 0.5) is 17.1 Å². The molecule has 260 valence electrons. The number of para-hydroxylation sites is 1. The van der Waals surface area contributed by atoms with Gasteiger partial charge in [-0.1, -0.05) is 147 Å². The van der Waals surface area contributed by atoms with Crippen LogP contribution in [0.15, 0.2) is 192 Å². The highest BCUT2D eigenvalue weighted by Crippen LogP contribution is 2.51. The summed E-state index contributed by atoms with van der Waals surface area (Å²) in [7, 11) is 0. The molecule has 2 heteroatoms. The third-order valence-electron chi connectivity index (χ3n) is 11.9. The van der Waals surface area contributed by atoms with Gasteiger partial charge in [-0.2, -0.15) is 0 Å². The van der Waals surface area contributed by atoms with Gasteiger partial charge in [-0.25, -0.2) is 0 Å². The number of furan rings is 1. The maximum atomic E-state index is 6.23. The molecule has 0 unspecified atom stereocenters. The summed E-state index contributed by atoms with van der Waals surface area (Å²) in [5.41, 5.74) is 15.3. The summed E-state index contributed by atoms with van der Waals surface area (Å²) >= 11 is 0. The lowest BCUT2D eigenvalue weighted by Gasteiger charge is -2.27. The van der Waals surface area contributed by atoms with Gasteiger partial charge in [0.2, 0.25) is 0 Å². The Morgan fingerprint density at radius 2 is 1.02 bits per heavy atom. The normalized spacial score (nSPS) is 13.1. The predicted molar refractivity (Wildman–Crippen MR) is 232 cm³/mol. The van der Waals surface area contributed by atoms with Gasteiger partial charge in [-0.15, -0.1) is 0 Å². The Morgan fingerprint density at radius 3 is 1.85 bits per heavy atom. The molecule has 1 aliphatic rings. The molecule has 0 saturated carbocycles. The minimum absolute atomic E-state index is 0.0504. The Morgan fingerprint density at radius 1 is 0.382 bits per heavy atom. The molecule has 1 heterocycles. The van der Waals surface area contributed by atoms with Crippen molar-refractivity contribution >= 4 is 60.5 Å². The minimum Gasteiger partial charge on any atom is -0.456 e. The number of fused-ring (bicyclic) bond motifs is 9. The third-order valence-corrected chi connectivity index (χ3v) is 11.9. The zero-order valence-electron chi connectivity index (χ0n) is 30.8. The molecule has 0 amide bonds. The van der Waals surface area contributed by atoms with Crippen molar-refractivity contribution in [3.8, 4) is 33.4 Å². The van der Waals surface area contributed by atoms with Crippen molar-refractivity contribution in [2.75, 3.05) is 4.90 Å². The Kier molecular flexibility index (Phi) is 6.93. The fourth-order valence-corrected chi connectivity index (χ4v) is 9.09.